The molecule has 0 heterocycles. The molecule has 0 aliphatic rings. The highest BCUT2D eigenvalue weighted by Gasteiger charge is 2.27. The zero-order valence-corrected chi connectivity index (χ0v) is 11.4. The number of esters is 1. The summed E-state index contributed by atoms with van der Waals surface area (Å²) >= 11 is 0. The molecule has 0 bridgehead atoms. The fourth-order valence-electron chi connectivity index (χ4n) is 1.55. The van der Waals surface area contributed by atoms with E-state index < -0.39 is 5.41 Å². The second-order valence-electron chi connectivity index (χ2n) is 5.44. The van der Waals surface area contributed by atoms with Crippen molar-refractivity contribution in [1.82, 2.24) is 5.32 Å². The van der Waals surface area contributed by atoms with Gasteiger partial charge in [0.15, 0.2) is 0 Å². The number of methoxy groups -OCH3 is 1. The molecule has 0 rings (SSSR count). The van der Waals surface area contributed by atoms with Crippen molar-refractivity contribution in [3.63, 3.8) is 0 Å². The molecule has 0 spiro atoms. The Bertz CT molecular complexity index is 200. The van der Waals surface area contributed by atoms with Crippen LogP contribution in [-0.4, -0.2) is 26.2 Å². The molecule has 3 nitrogen and oxygen atoms in total. The van der Waals surface area contributed by atoms with Crippen molar-refractivity contribution in [2.75, 3.05) is 20.2 Å². The van der Waals surface area contributed by atoms with Crippen LogP contribution < -0.4 is 5.32 Å². The SMILES string of the molecule is COC(=O)C(C)(C)CNCCCCC(C)C. The van der Waals surface area contributed by atoms with Gasteiger partial charge in [-0.2, -0.15) is 0 Å². The van der Waals surface area contributed by atoms with E-state index in [9.17, 15) is 4.79 Å². The molecule has 0 atom stereocenters. The van der Waals surface area contributed by atoms with Gasteiger partial charge in [-0.3, -0.25) is 4.79 Å². The van der Waals surface area contributed by atoms with E-state index in [1.807, 2.05) is 13.8 Å². The van der Waals surface area contributed by atoms with Crippen LogP contribution in [0.15, 0.2) is 0 Å². The molecule has 16 heavy (non-hydrogen) atoms. The summed E-state index contributed by atoms with van der Waals surface area (Å²) in [6.07, 6.45) is 3.71. The van der Waals surface area contributed by atoms with Crippen molar-refractivity contribution in [3.8, 4) is 0 Å². The van der Waals surface area contributed by atoms with E-state index >= 15 is 0 Å². The van der Waals surface area contributed by atoms with Gasteiger partial charge in [0, 0.05) is 6.54 Å². The second kappa shape index (κ2) is 7.66. The Labute approximate surface area is 99.9 Å². The van der Waals surface area contributed by atoms with Crippen molar-refractivity contribution in [2.45, 2.75) is 47.0 Å². The summed E-state index contributed by atoms with van der Waals surface area (Å²) in [4.78, 5) is 11.4. The third kappa shape index (κ3) is 6.83. The first-order valence-electron chi connectivity index (χ1n) is 6.19. The number of nitrogens with one attached hydrogen (secondary N) is 1. The standard InChI is InChI=1S/C13H27NO2/c1-11(2)8-6-7-9-14-10-13(3,4)12(15)16-5/h11,14H,6-10H2,1-5H3. The summed E-state index contributed by atoms with van der Waals surface area (Å²) in [7, 11) is 1.44. The van der Waals surface area contributed by atoms with Gasteiger partial charge in [0.05, 0.1) is 12.5 Å². The van der Waals surface area contributed by atoms with Gasteiger partial charge in [0.2, 0.25) is 0 Å². The quantitative estimate of drug-likeness (QED) is 0.513. The smallest absolute Gasteiger partial charge is 0.312 e. The van der Waals surface area contributed by atoms with E-state index in [2.05, 4.69) is 19.2 Å². The molecular formula is C13H27NO2. The third-order valence-corrected chi connectivity index (χ3v) is 2.69. The zero-order chi connectivity index (χ0) is 12.6. The highest BCUT2D eigenvalue weighted by atomic mass is 16.5. The molecule has 0 aromatic carbocycles. The van der Waals surface area contributed by atoms with Gasteiger partial charge in [0.25, 0.3) is 0 Å². The van der Waals surface area contributed by atoms with Crippen LogP contribution >= 0.6 is 0 Å². The minimum atomic E-state index is -0.424. The number of rotatable bonds is 8. The molecule has 0 saturated heterocycles. The monoisotopic (exact) mass is 229 g/mol. The van der Waals surface area contributed by atoms with Gasteiger partial charge in [-0.15, -0.1) is 0 Å². The van der Waals surface area contributed by atoms with Crippen molar-refractivity contribution >= 4 is 5.97 Å². The van der Waals surface area contributed by atoms with Crippen molar-refractivity contribution in [3.05, 3.63) is 0 Å². The van der Waals surface area contributed by atoms with Crippen LogP contribution in [0.4, 0.5) is 0 Å². The van der Waals surface area contributed by atoms with Crippen LogP contribution in [0.2, 0.25) is 0 Å². The van der Waals surface area contributed by atoms with Gasteiger partial charge in [-0.1, -0.05) is 26.7 Å². The molecular weight excluding hydrogens is 202 g/mol. The lowest BCUT2D eigenvalue weighted by atomic mass is 9.94. The van der Waals surface area contributed by atoms with E-state index in [4.69, 9.17) is 4.74 Å². The Morgan fingerprint density at radius 1 is 1.31 bits per heavy atom. The van der Waals surface area contributed by atoms with E-state index in [0.29, 0.717) is 6.54 Å². The number of hydrogen-bond donors (Lipinski definition) is 1. The van der Waals surface area contributed by atoms with Crippen LogP contribution in [0.3, 0.4) is 0 Å². The van der Waals surface area contributed by atoms with Gasteiger partial charge >= 0.3 is 5.97 Å². The minimum Gasteiger partial charge on any atom is -0.469 e. The summed E-state index contributed by atoms with van der Waals surface area (Å²) in [5, 5.41) is 3.31. The summed E-state index contributed by atoms with van der Waals surface area (Å²) in [6, 6.07) is 0. The van der Waals surface area contributed by atoms with Crippen LogP contribution in [0.1, 0.15) is 47.0 Å². The third-order valence-electron chi connectivity index (χ3n) is 2.69. The molecule has 0 saturated carbocycles. The lowest BCUT2D eigenvalue weighted by Crippen LogP contribution is -2.37. The summed E-state index contributed by atoms with van der Waals surface area (Å²) in [6.45, 7) is 9.95. The largest absolute Gasteiger partial charge is 0.469 e. The Hall–Kier alpha value is -0.570. The van der Waals surface area contributed by atoms with E-state index in [1.54, 1.807) is 0 Å². The van der Waals surface area contributed by atoms with E-state index in [-0.39, 0.29) is 5.97 Å². The van der Waals surface area contributed by atoms with Crippen LogP contribution in [0.25, 0.3) is 0 Å². The normalized spacial score (nSPS) is 11.9. The lowest BCUT2D eigenvalue weighted by Gasteiger charge is -2.21. The first-order valence-corrected chi connectivity index (χ1v) is 6.19. The maximum Gasteiger partial charge on any atom is 0.312 e. The van der Waals surface area contributed by atoms with Crippen LogP contribution in [0, 0.1) is 11.3 Å². The Morgan fingerprint density at radius 2 is 1.94 bits per heavy atom. The average Bonchev–Trinajstić information content (AvgIpc) is 2.21. The Morgan fingerprint density at radius 3 is 2.44 bits per heavy atom. The minimum absolute atomic E-state index is 0.151. The molecule has 0 aromatic heterocycles. The van der Waals surface area contributed by atoms with Crippen LogP contribution in [0.5, 0.6) is 0 Å². The highest BCUT2D eigenvalue weighted by molar-refractivity contribution is 5.75. The van der Waals surface area contributed by atoms with Gasteiger partial charge in [-0.05, 0) is 32.7 Å². The maximum absolute atomic E-state index is 11.4. The molecule has 0 aliphatic heterocycles. The predicted molar refractivity (Wildman–Crippen MR) is 67.4 cm³/mol. The zero-order valence-electron chi connectivity index (χ0n) is 11.4. The predicted octanol–water partition coefficient (Wildman–Crippen LogP) is 2.60. The average molecular weight is 229 g/mol. The summed E-state index contributed by atoms with van der Waals surface area (Å²) in [5.74, 6) is 0.633. The molecule has 0 unspecified atom stereocenters. The number of carbonyl (C=O) groups is 1. The number of carbonyl (C=O) groups excluding carboxylic acids is 1. The molecule has 3 heteroatoms. The second-order valence-corrected chi connectivity index (χ2v) is 5.44. The molecule has 0 amide bonds. The molecule has 1 N–H and O–H groups in total. The molecule has 0 radical (unpaired) electrons. The fourth-order valence-corrected chi connectivity index (χ4v) is 1.55. The Kier molecular flexibility index (Phi) is 7.39. The highest BCUT2D eigenvalue weighted by Crippen LogP contribution is 2.15. The van der Waals surface area contributed by atoms with Gasteiger partial charge in [-0.25, -0.2) is 0 Å². The first kappa shape index (κ1) is 15.4. The van der Waals surface area contributed by atoms with E-state index in [0.717, 1.165) is 12.5 Å². The lowest BCUT2D eigenvalue weighted by molar-refractivity contribution is -0.150. The molecule has 96 valence electrons. The molecule has 0 aromatic rings. The van der Waals surface area contributed by atoms with Crippen molar-refractivity contribution in [1.29, 1.82) is 0 Å². The van der Waals surface area contributed by atoms with Gasteiger partial charge < -0.3 is 10.1 Å². The van der Waals surface area contributed by atoms with Gasteiger partial charge in [0.1, 0.15) is 0 Å². The first-order chi connectivity index (χ1) is 7.40. The summed E-state index contributed by atoms with van der Waals surface area (Å²) in [5.41, 5.74) is -0.424. The fraction of sp³-hybridized carbons (Fsp3) is 0.923. The van der Waals surface area contributed by atoms with Crippen LogP contribution in [-0.2, 0) is 9.53 Å². The number of unbranched alkanes of at least 4 members (excludes halogenated alkanes) is 1. The topological polar surface area (TPSA) is 38.3 Å². The molecule has 0 fully saturated rings. The summed E-state index contributed by atoms with van der Waals surface area (Å²) < 4.78 is 4.75. The number of ether oxygens (including phenoxy) is 1. The van der Waals surface area contributed by atoms with Crippen molar-refractivity contribution in [2.24, 2.45) is 11.3 Å². The number of hydrogen-bond acceptors (Lipinski definition) is 3. The van der Waals surface area contributed by atoms with E-state index in [1.165, 1.54) is 26.4 Å². The maximum atomic E-state index is 11.4. The Balaban J connectivity index is 3.54. The molecule has 0 aliphatic carbocycles. The van der Waals surface area contributed by atoms with Crippen molar-refractivity contribution < 1.29 is 9.53 Å².